The maximum Gasteiger partial charge on any atom is 0.133 e. The molecule has 3 heterocycles. The van der Waals surface area contributed by atoms with Crippen LogP contribution in [0.3, 0.4) is 0 Å². The molecule has 0 radical (unpaired) electrons. The Morgan fingerprint density at radius 2 is 2.29 bits per heavy atom. The fourth-order valence-electron chi connectivity index (χ4n) is 3.02. The highest BCUT2D eigenvalue weighted by molar-refractivity contribution is 5.00. The summed E-state index contributed by atoms with van der Waals surface area (Å²) in [5, 5.41) is 12.2. The number of fused-ring (bicyclic) bond motifs is 1. The summed E-state index contributed by atoms with van der Waals surface area (Å²) in [7, 11) is 0. The van der Waals surface area contributed by atoms with E-state index in [2.05, 4.69) is 27.0 Å². The lowest BCUT2D eigenvalue weighted by atomic mass is 9.99. The number of aryl methyl sites for hydroxylation is 1. The van der Waals surface area contributed by atoms with E-state index < -0.39 is 0 Å². The minimum absolute atomic E-state index is 0.776. The molecule has 1 N–H and O–H groups in total. The first kappa shape index (κ1) is 11.2. The number of rotatable bonds is 3. The Morgan fingerprint density at radius 3 is 3.12 bits per heavy atom. The Bertz CT molecular complexity index is 379. The summed E-state index contributed by atoms with van der Waals surface area (Å²) in [5.74, 6) is 4.06. The average molecular weight is 234 g/mol. The summed E-state index contributed by atoms with van der Waals surface area (Å²) in [5.41, 5.74) is 0. The van der Waals surface area contributed by atoms with Crippen LogP contribution in [0, 0.1) is 11.8 Å². The van der Waals surface area contributed by atoms with Crippen molar-refractivity contribution >= 4 is 0 Å². The molecular formula is C13H22N4. The van der Waals surface area contributed by atoms with Crippen molar-refractivity contribution in [3.63, 3.8) is 0 Å². The van der Waals surface area contributed by atoms with E-state index in [1.54, 1.807) is 0 Å². The highest BCUT2D eigenvalue weighted by atomic mass is 15.3. The lowest BCUT2D eigenvalue weighted by molar-refractivity contribution is 0.398. The second kappa shape index (κ2) is 4.77. The second-order valence-corrected chi connectivity index (χ2v) is 5.68. The molecule has 0 amide bonds. The Morgan fingerprint density at radius 1 is 1.35 bits per heavy atom. The van der Waals surface area contributed by atoms with Crippen molar-refractivity contribution in [2.45, 2.75) is 45.6 Å². The van der Waals surface area contributed by atoms with Gasteiger partial charge in [0.25, 0.3) is 0 Å². The number of aromatic nitrogens is 3. The molecule has 4 heteroatoms. The quantitative estimate of drug-likeness (QED) is 0.859. The summed E-state index contributed by atoms with van der Waals surface area (Å²) in [6.45, 7) is 5.82. The molecule has 2 aliphatic rings. The van der Waals surface area contributed by atoms with E-state index in [0.29, 0.717) is 0 Å². The standard InChI is InChI=1S/C13H22N4/c1-10-5-7-17-12(15-16-13(17)8-10)3-2-11-4-6-14-9-11/h10-11,14H,2-9H2,1H3. The minimum atomic E-state index is 0.776. The Labute approximate surface area is 103 Å². The molecule has 0 bridgehead atoms. The normalized spacial score (nSPS) is 28.3. The molecule has 3 rings (SSSR count). The summed E-state index contributed by atoms with van der Waals surface area (Å²) >= 11 is 0. The van der Waals surface area contributed by atoms with Crippen molar-refractivity contribution < 1.29 is 0 Å². The van der Waals surface area contributed by atoms with Gasteiger partial charge in [0.05, 0.1) is 0 Å². The molecule has 17 heavy (non-hydrogen) atoms. The Kier molecular flexibility index (Phi) is 3.14. The van der Waals surface area contributed by atoms with Crippen LogP contribution in [0.4, 0.5) is 0 Å². The first-order valence-corrected chi connectivity index (χ1v) is 6.94. The lowest BCUT2D eigenvalue weighted by Crippen LogP contribution is -2.19. The zero-order valence-electron chi connectivity index (χ0n) is 10.7. The molecule has 1 saturated heterocycles. The first-order valence-electron chi connectivity index (χ1n) is 6.94. The van der Waals surface area contributed by atoms with E-state index in [-0.39, 0.29) is 0 Å². The van der Waals surface area contributed by atoms with Crippen LogP contribution in [0.5, 0.6) is 0 Å². The zero-order chi connectivity index (χ0) is 11.7. The highest BCUT2D eigenvalue weighted by Gasteiger charge is 2.21. The average Bonchev–Trinajstić information content (AvgIpc) is 2.94. The zero-order valence-corrected chi connectivity index (χ0v) is 10.7. The third kappa shape index (κ3) is 2.37. The van der Waals surface area contributed by atoms with E-state index >= 15 is 0 Å². The van der Waals surface area contributed by atoms with E-state index in [4.69, 9.17) is 0 Å². The summed E-state index contributed by atoms with van der Waals surface area (Å²) in [6.07, 6.45) is 6.09. The van der Waals surface area contributed by atoms with Crippen LogP contribution < -0.4 is 5.32 Å². The van der Waals surface area contributed by atoms with Gasteiger partial charge in [-0.3, -0.25) is 0 Å². The van der Waals surface area contributed by atoms with Gasteiger partial charge >= 0.3 is 0 Å². The molecular weight excluding hydrogens is 212 g/mol. The van der Waals surface area contributed by atoms with E-state index in [1.165, 1.54) is 44.0 Å². The topological polar surface area (TPSA) is 42.7 Å². The highest BCUT2D eigenvalue weighted by Crippen LogP contribution is 2.21. The summed E-state index contributed by atoms with van der Waals surface area (Å²) < 4.78 is 2.36. The van der Waals surface area contributed by atoms with Gasteiger partial charge in [-0.15, -0.1) is 10.2 Å². The maximum absolute atomic E-state index is 4.39. The van der Waals surface area contributed by atoms with Crippen molar-refractivity contribution in [3.05, 3.63) is 11.6 Å². The van der Waals surface area contributed by atoms with Crippen molar-refractivity contribution in [1.29, 1.82) is 0 Å². The van der Waals surface area contributed by atoms with Gasteiger partial charge in [0.15, 0.2) is 0 Å². The molecule has 1 fully saturated rings. The van der Waals surface area contributed by atoms with Crippen molar-refractivity contribution in [1.82, 2.24) is 20.1 Å². The molecule has 2 atom stereocenters. The van der Waals surface area contributed by atoms with Crippen LogP contribution in [0.2, 0.25) is 0 Å². The van der Waals surface area contributed by atoms with Crippen LogP contribution in [0.25, 0.3) is 0 Å². The van der Waals surface area contributed by atoms with Gasteiger partial charge in [-0.25, -0.2) is 0 Å². The predicted molar refractivity (Wildman–Crippen MR) is 66.8 cm³/mol. The third-order valence-corrected chi connectivity index (χ3v) is 4.22. The van der Waals surface area contributed by atoms with Crippen molar-refractivity contribution in [2.24, 2.45) is 11.8 Å². The van der Waals surface area contributed by atoms with Crippen LogP contribution in [0.15, 0.2) is 0 Å². The molecule has 0 saturated carbocycles. The van der Waals surface area contributed by atoms with Gasteiger partial charge < -0.3 is 9.88 Å². The van der Waals surface area contributed by atoms with Gasteiger partial charge in [-0.1, -0.05) is 6.92 Å². The first-order chi connectivity index (χ1) is 8.33. The molecule has 2 unspecified atom stereocenters. The smallest absolute Gasteiger partial charge is 0.133 e. The summed E-state index contributed by atoms with van der Waals surface area (Å²) in [4.78, 5) is 0. The molecule has 94 valence electrons. The van der Waals surface area contributed by atoms with Crippen molar-refractivity contribution in [3.8, 4) is 0 Å². The number of hydrogen-bond acceptors (Lipinski definition) is 3. The third-order valence-electron chi connectivity index (χ3n) is 4.22. The molecule has 0 spiro atoms. The largest absolute Gasteiger partial charge is 0.316 e. The van der Waals surface area contributed by atoms with Crippen LogP contribution in [0.1, 0.15) is 37.8 Å². The van der Waals surface area contributed by atoms with Crippen LogP contribution in [-0.4, -0.2) is 27.9 Å². The van der Waals surface area contributed by atoms with Gasteiger partial charge in [0.1, 0.15) is 11.6 Å². The monoisotopic (exact) mass is 234 g/mol. The predicted octanol–water partition coefficient (Wildman–Crippen LogP) is 1.40. The van der Waals surface area contributed by atoms with E-state index in [0.717, 1.165) is 31.2 Å². The second-order valence-electron chi connectivity index (χ2n) is 5.68. The van der Waals surface area contributed by atoms with Crippen LogP contribution >= 0.6 is 0 Å². The van der Waals surface area contributed by atoms with Crippen molar-refractivity contribution in [2.75, 3.05) is 13.1 Å². The summed E-state index contributed by atoms with van der Waals surface area (Å²) in [6, 6.07) is 0. The molecule has 1 aromatic rings. The van der Waals surface area contributed by atoms with E-state index in [1.807, 2.05) is 0 Å². The van der Waals surface area contributed by atoms with Crippen LogP contribution in [-0.2, 0) is 19.4 Å². The maximum atomic E-state index is 4.39. The molecule has 0 aliphatic carbocycles. The van der Waals surface area contributed by atoms with Gasteiger partial charge in [0.2, 0.25) is 0 Å². The van der Waals surface area contributed by atoms with Gasteiger partial charge in [-0.2, -0.15) is 0 Å². The molecule has 4 nitrogen and oxygen atoms in total. The SMILES string of the molecule is CC1CCn2c(CCC3CCNC3)nnc2C1. The molecule has 2 aliphatic heterocycles. The van der Waals surface area contributed by atoms with E-state index in [9.17, 15) is 0 Å². The Hall–Kier alpha value is -0.900. The number of nitrogens with one attached hydrogen (secondary N) is 1. The molecule has 0 aromatic carbocycles. The molecule has 1 aromatic heterocycles. The lowest BCUT2D eigenvalue weighted by Gasteiger charge is -2.20. The number of hydrogen-bond donors (Lipinski definition) is 1. The minimum Gasteiger partial charge on any atom is -0.316 e. The number of nitrogens with zero attached hydrogens (tertiary/aromatic N) is 3. The Balaban J connectivity index is 1.63. The fourth-order valence-corrected chi connectivity index (χ4v) is 3.02. The van der Waals surface area contributed by atoms with Gasteiger partial charge in [-0.05, 0) is 44.2 Å². The van der Waals surface area contributed by atoms with Gasteiger partial charge in [0, 0.05) is 19.4 Å². The fraction of sp³-hybridized carbons (Fsp3) is 0.846.